The standard InChI is InChI=1S/C2H6O4/c3-1-5-6-2-4/h3-4H,1-2H2. The molecule has 0 fully saturated rings. The number of hydrogen-bond donors (Lipinski definition) is 2. The van der Waals surface area contributed by atoms with Crippen LogP contribution in [0.15, 0.2) is 0 Å². The van der Waals surface area contributed by atoms with Crippen LogP contribution in [0.5, 0.6) is 0 Å². The monoisotopic (exact) mass is 94.0 g/mol. The third-order valence-corrected chi connectivity index (χ3v) is 0.189. The van der Waals surface area contributed by atoms with E-state index in [0.29, 0.717) is 0 Å². The van der Waals surface area contributed by atoms with Crippen LogP contribution in [0.4, 0.5) is 0 Å². The summed E-state index contributed by atoms with van der Waals surface area (Å²) in [5.74, 6) is 0. The minimum Gasteiger partial charge on any atom is -0.368 e. The maximum Gasteiger partial charge on any atom is 0.178 e. The summed E-state index contributed by atoms with van der Waals surface area (Å²) in [5, 5.41) is 15.5. The van der Waals surface area contributed by atoms with Crippen molar-refractivity contribution in [3.63, 3.8) is 0 Å². The van der Waals surface area contributed by atoms with Gasteiger partial charge < -0.3 is 10.2 Å². The molecular weight excluding hydrogens is 88.0 g/mol. The predicted octanol–water partition coefficient (Wildman–Crippen LogP) is -1.17. The Morgan fingerprint density at radius 2 is 1.33 bits per heavy atom. The highest BCUT2D eigenvalue weighted by molar-refractivity contribution is 3.72. The predicted molar refractivity (Wildman–Crippen MR) is 16.3 cm³/mol. The zero-order valence-electron chi connectivity index (χ0n) is 3.13. The van der Waals surface area contributed by atoms with Gasteiger partial charge in [0, 0.05) is 0 Å². The minimum absolute atomic E-state index is 0.527. The summed E-state index contributed by atoms with van der Waals surface area (Å²) in [6.45, 7) is -1.05. The molecule has 0 aliphatic heterocycles. The molecule has 0 aromatic rings. The fourth-order valence-corrected chi connectivity index (χ4v) is 0.0745. The van der Waals surface area contributed by atoms with Gasteiger partial charge in [-0.1, -0.05) is 0 Å². The van der Waals surface area contributed by atoms with Gasteiger partial charge in [-0.25, -0.2) is 9.78 Å². The normalized spacial score (nSPS) is 9.00. The molecule has 0 bridgehead atoms. The summed E-state index contributed by atoms with van der Waals surface area (Å²) in [5.41, 5.74) is 0. The Morgan fingerprint density at radius 3 is 1.50 bits per heavy atom. The molecule has 0 rings (SSSR count). The van der Waals surface area contributed by atoms with Gasteiger partial charge in [0.1, 0.15) is 0 Å². The summed E-state index contributed by atoms with van der Waals surface area (Å²) in [6.07, 6.45) is 0. The molecule has 0 aliphatic carbocycles. The molecule has 0 radical (unpaired) electrons. The van der Waals surface area contributed by atoms with E-state index in [1.54, 1.807) is 0 Å². The lowest BCUT2D eigenvalue weighted by Crippen LogP contribution is -1.95. The van der Waals surface area contributed by atoms with Gasteiger partial charge in [-0.3, -0.25) is 0 Å². The second-order valence-corrected chi connectivity index (χ2v) is 0.494. The summed E-state index contributed by atoms with van der Waals surface area (Å²) < 4.78 is 0. The molecule has 0 aromatic heterocycles. The van der Waals surface area contributed by atoms with Gasteiger partial charge in [-0.2, -0.15) is 0 Å². The Balaban J connectivity index is 2.34. The van der Waals surface area contributed by atoms with E-state index < -0.39 is 13.6 Å². The maximum atomic E-state index is 7.74. The molecule has 0 aliphatic rings. The van der Waals surface area contributed by atoms with Crippen LogP contribution < -0.4 is 0 Å². The highest BCUT2D eigenvalue weighted by atomic mass is 17.2. The molecule has 0 heterocycles. The first kappa shape index (κ1) is 5.84. The molecule has 4 nitrogen and oxygen atoms in total. The average molecular weight is 94.1 g/mol. The first-order chi connectivity index (χ1) is 2.91. The molecule has 4 heteroatoms. The molecular formula is C2H6O4. The van der Waals surface area contributed by atoms with Gasteiger partial charge in [0.2, 0.25) is 0 Å². The van der Waals surface area contributed by atoms with Gasteiger partial charge in [-0.15, -0.1) is 0 Å². The van der Waals surface area contributed by atoms with Crippen molar-refractivity contribution in [3.05, 3.63) is 0 Å². The zero-order valence-corrected chi connectivity index (χ0v) is 3.13. The Hall–Kier alpha value is -0.160. The van der Waals surface area contributed by atoms with E-state index in [-0.39, 0.29) is 0 Å². The van der Waals surface area contributed by atoms with Crippen molar-refractivity contribution in [2.75, 3.05) is 13.6 Å². The van der Waals surface area contributed by atoms with Crippen LogP contribution in [0.3, 0.4) is 0 Å². The molecule has 0 spiro atoms. The number of aliphatic hydroxyl groups is 2. The molecule has 2 N–H and O–H groups in total. The van der Waals surface area contributed by atoms with Crippen molar-refractivity contribution in [1.29, 1.82) is 0 Å². The molecule has 38 valence electrons. The fraction of sp³-hybridized carbons (Fsp3) is 1.00. The van der Waals surface area contributed by atoms with Crippen LogP contribution in [0.25, 0.3) is 0 Å². The van der Waals surface area contributed by atoms with Crippen molar-refractivity contribution in [2.45, 2.75) is 0 Å². The second kappa shape index (κ2) is 4.84. The van der Waals surface area contributed by atoms with Gasteiger partial charge >= 0.3 is 0 Å². The van der Waals surface area contributed by atoms with Gasteiger partial charge in [0.15, 0.2) is 13.6 Å². The molecule has 0 saturated carbocycles. The third-order valence-electron chi connectivity index (χ3n) is 0.189. The fourth-order valence-electron chi connectivity index (χ4n) is 0.0745. The second-order valence-electron chi connectivity index (χ2n) is 0.494. The highest BCUT2D eigenvalue weighted by Gasteiger charge is 1.73. The quantitative estimate of drug-likeness (QED) is 0.200. The Labute approximate surface area is 34.8 Å². The largest absolute Gasteiger partial charge is 0.368 e. The van der Waals surface area contributed by atoms with Crippen LogP contribution in [-0.4, -0.2) is 23.8 Å². The maximum absolute atomic E-state index is 7.74. The van der Waals surface area contributed by atoms with Crippen LogP contribution in [0, 0.1) is 0 Å². The number of rotatable bonds is 3. The molecule has 0 amide bonds. The lowest BCUT2D eigenvalue weighted by atomic mass is 11.5. The van der Waals surface area contributed by atoms with E-state index in [0.717, 1.165) is 0 Å². The van der Waals surface area contributed by atoms with Crippen molar-refractivity contribution in [3.8, 4) is 0 Å². The van der Waals surface area contributed by atoms with Crippen LogP contribution in [-0.2, 0) is 9.78 Å². The summed E-state index contributed by atoms with van der Waals surface area (Å²) >= 11 is 0. The van der Waals surface area contributed by atoms with E-state index in [2.05, 4.69) is 9.78 Å². The van der Waals surface area contributed by atoms with E-state index in [1.165, 1.54) is 0 Å². The van der Waals surface area contributed by atoms with E-state index in [1.807, 2.05) is 0 Å². The highest BCUT2D eigenvalue weighted by Crippen LogP contribution is 1.67. The Bertz CT molecular complexity index is 17.5. The number of aliphatic hydroxyl groups excluding tert-OH is 2. The first-order valence-electron chi connectivity index (χ1n) is 1.38. The third kappa shape index (κ3) is 3.84. The summed E-state index contributed by atoms with van der Waals surface area (Å²) in [7, 11) is 0. The zero-order chi connectivity index (χ0) is 4.83. The van der Waals surface area contributed by atoms with Crippen LogP contribution >= 0.6 is 0 Å². The van der Waals surface area contributed by atoms with Crippen LogP contribution in [0.1, 0.15) is 0 Å². The average Bonchev–Trinajstić information content (AvgIpc) is 1.61. The molecule has 6 heavy (non-hydrogen) atoms. The molecule has 0 aromatic carbocycles. The number of hydrogen-bond acceptors (Lipinski definition) is 4. The van der Waals surface area contributed by atoms with Crippen molar-refractivity contribution < 1.29 is 20.0 Å². The van der Waals surface area contributed by atoms with E-state index in [9.17, 15) is 0 Å². The van der Waals surface area contributed by atoms with Crippen LogP contribution in [0.2, 0.25) is 0 Å². The lowest BCUT2D eigenvalue weighted by Gasteiger charge is -1.90. The topological polar surface area (TPSA) is 58.9 Å². The summed E-state index contributed by atoms with van der Waals surface area (Å²) in [6, 6.07) is 0. The molecule has 0 saturated heterocycles. The molecule has 0 unspecified atom stereocenters. The summed E-state index contributed by atoms with van der Waals surface area (Å²) in [4.78, 5) is 7.58. The van der Waals surface area contributed by atoms with Gasteiger partial charge in [0.05, 0.1) is 0 Å². The van der Waals surface area contributed by atoms with Crippen molar-refractivity contribution in [2.24, 2.45) is 0 Å². The van der Waals surface area contributed by atoms with Gasteiger partial charge in [-0.05, 0) is 0 Å². The van der Waals surface area contributed by atoms with Crippen molar-refractivity contribution >= 4 is 0 Å². The van der Waals surface area contributed by atoms with E-state index >= 15 is 0 Å². The van der Waals surface area contributed by atoms with Gasteiger partial charge in [0.25, 0.3) is 0 Å². The Kier molecular flexibility index (Phi) is 4.71. The first-order valence-corrected chi connectivity index (χ1v) is 1.38. The van der Waals surface area contributed by atoms with E-state index in [4.69, 9.17) is 10.2 Å². The molecule has 0 atom stereocenters. The minimum atomic E-state index is -0.527. The lowest BCUT2D eigenvalue weighted by molar-refractivity contribution is -0.356. The Morgan fingerprint density at radius 1 is 1.00 bits per heavy atom. The SMILES string of the molecule is OCOOCO. The van der Waals surface area contributed by atoms with Crippen molar-refractivity contribution in [1.82, 2.24) is 0 Å². The smallest absolute Gasteiger partial charge is 0.178 e.